The van der Waals surface area contributed by atoms with Crippen LogP contribution in [0.5, 0.6) is 0 Å². The van der Waals surface area contributed by atoms with Crippen molar-refractivity contribution >= 4 is 17.6 Å². The quantitative estimate of drug-likeness (QED) is 0.687. The molecular weight excluding hydrogens is 394 g/mol. The number of ether oxygens (including phenoxy) is 1. The average molecular weight is 432 g/mol. The van der Waals surface area contributed by atoms with E-state index in [1.807, 2.05) is 55.6 Å². The molecule has 0 saturated carbocycles. The molecule has 2 saturated heterocycles. The van der Waals surface area contributed by atoms with Crippen molar-refractivity contribution in [2.45, 2.75) is 51.9 Å². The molecule has 0 aromatic carbocycles. The molecule has 0 N–H and O–H groups in total. The SMILES string of the molecule is COCCN1CC(c2cc(N(C)C)nc(C3CCN(C(=O)C(C)(C)C)CC3)n2)CC1=O. The van der Waals surface area contributed by atoms with Gasteiger partial charge in [0.25, 0.3) is 0 Å². The minimum atomic E-state index is -0.356. The summed E-state index contributed by atoms with van der Waals surface area (Å²) in [5, 5.41) is 0. The molecule has 1 aromatic rings. The van der Waals surface area contributed by atoms with Gasteiger partial charge in [-0.3, -0.25) is 9.59 Å². The Morgan fingerprint density at radius 2 is 1.87 bits per heavy atom. The average Bonchev–Trinajstić information content (AvgIpc) is 3.11. The van der Waals surface area contributed by atoms with Crippen LogP contribution in [0.3, 0.4) is 0 Å². The van der Waals surface area contributed by atoms with Crippen LogP contribution in [0.2, 0.25) is 0 Å². The van der Waals surface area contributed by atoms with E-state index in [4.69, 9.17) is 14.7 Å². The van der Waals surface area contributed by atoms with Gasteiger partial charge in [-0.1, -0.05) is 20.8 Å². The number of aromatic nitrogens is 2. The summed E-state index contributed by atoms with van der Waals surface area (Å²) in [5.41, 5.74) is 0.584. The zero-order valence-corrected chi connectivity index (χ0v) is 19.8. The fourth-order valence-electron chi connectivity index (χ4n) is 4.30. The van der Waals surface area contributed by atoms with Crippen LogP contribution in [0, 0.1) is 5.41 Å². The summed E-state index contributed by atoms with van der Waals surface area (Å²) < 4.78 is 5.13. The Morgan fingerprint density at radius 1 is 1.19 bits per heavy atom. The zero-order chi connectivity index (χ0) is 22.8. The number of carbonyl (C=O) groups excluding carboxylic acids is 2. The second-order valence-electron chi connectivity index (χ2n) is 9.95. The number of hydrogen-bond donors (Lipinski definition) is 0. The predicted octanol–water partition coefficient (Wildman–Crippen LogP) is 2.26. The third kappa shape index (κ3) is 5.53. The summed E-state index contributed by atoms with van der Waals surface area (Å²) in [4.78, 5) is 40.6. The topological polar surface area (TPSA) is 78.9 Å². The van der Waals surface area contributed by atoms with Crippen molar-refractivity contribution < 1.29 is 14.3 Å². The molecule has 0 aliphatic carbocycles. The van der Waals surface area contributed by atoms with Crippen LogP contribution >= 0.6 is 0 Å². The van der Waals surface area contributed by atoms with Crippen LogP contribution in [-0.4, -0.2) is 85.6 Å². The number of carbonyl (C=O) groups is 2. The van der Waals surface area contributed by atoms with Crippen LogP contribution in [0.1, 0.15) is 63.4 Å². The molecule has 31 heavy (non-hydrogen) atoms. The number of piperidine rings is 1. The number of hydrogen-bond acceptors (Lipinski definition) is 6. The van der Waals surface area contributed by atoms with Crippen molar-refractivity contribution in [3.8, 4) is 0 Å². The van der Waals surface area contributed by atoms with Gasteiger partial charge in [0.2, 0.25) is 11.8 Å². The summed E-state index contributed by atoms with van der Waals surface area (Å²) in [6.07, 6.45) is 2.20. The number of amides is 2. The molecule has 2 aliphatic rings. The maximum Gasteiger partial charge on any atom is 0.227 e. The van der Waals surface area contributed by atoms with Gasteiger partial charge >= 0.3 is 0 Å². The molecule has 2 fully saturated rings. The molecule has 2 amide bonds. The van der Waals surface area contributed by atoms with Crippen molar-refractivity contribution in [1.29, 1.82) is 0 Å². The minimum absolute atomic E-state index is 0.0763. The zero-order valence-electron chi connectivity index (χ0n) is 19.8. The number of anilines is 1. The van der Waals surface area contributed by atoms with Gasteiger partial charge in [0.05, 0.1) is 12.3 Å². The molecule has 1 aromatic heterocycles. The predicted molar refractivity (Wildman–Crippen MR) is 120 cm³/mol. The molecular formula is C23H37N5O3. The summed E-state index contributed by atoms with van der Waals surface area (Å²) in [5.74, 6) is 2.37. The lowest BCUT2D eigenvalue weighted by molar-refractivity contribution is -0.140. The first-order chi connectivity index (χ1) is 14.6. The highest BCUT2D eigenvalue weighted by molar-refractivity contribution is 5.81. The van der Waals surface area contributed by atoms with Gasteiger partial charge in [0, 0.05) is 77.1 Å². The number of rotatable bonds is 6. The van der Waals surface area contributed by atoms with E-state index in [1.54, 1.807) is 7.11 Å². The fourth-order valence-corrected chi connectivity index (χ4v) is 4.30. The Balaban J connectivity index is 1.76. The van der Waals surface area contributed by atoms with E-state index in [-0.39, 0.29) is 29.1 Å². The van der Waals surface area contributed by atoms with Gasteiger partial charge in [-0.2, -0.15) is 0 Å². The lowest BCUT2D eigenvalue weighted by atomic mass is 9.90. The molecule has 0 radical (unpaired) electrons. The molecule has 1 unspecified atom stereocenters. The van der Waals surface area contributed by atoms with E-state index >= 15 is 0 Å². The second kappa shape index (κ2) is 9.51. The van der Waals surface area contributed by atoms with Crippen LogP contribution in [0.25, 0.3) is 0 Å². The number of likely N-dealkylation sites (tertiary alicyclic amines) is 2. The van der Waals surface area contributed by atoms with Crippen LogP contribution in [0.4, 0.5) is 5.82 Å². The molecule has 3 rings (SSSR count). The fraction of sp³-hybridized carbons (Fsp3) is 0.739. The van der Waals surface area contributed by atoms with E-state index in [9.17, 15) is 9.59 Å². The first kappa shape index (κ1) is 23.4. The standard InChI is InChI=1S/C23H37N5O3/c1-23(2,3)22(30)27-9-7-16(8-10-27)21-24-18(14-19(25-21)26(4)5)17-13-20(29)28(15-17)11-12-31-6/h14,16-17H,7-13,15H2,1-6H3. The third-order valence-electron chi connectivity index (χ3n) is 6.19. The van der Waals surface area contributed by atoms with Gasteiger partial charge in [-0.05, 0) is 12.8 Å². The van der Waals surface area contributed by atoms with E-state index in [0.29, 0.717) is 26.1 Å². The van der Waals surface area contributed by atoms with Crippen molar-refractivity contribution in [1.82, 2.24) is 19.8 Å². The molecule has 3 heterocycles. The van der Waals surface area contributed by atoms with Gasteiger partial charge < -0.3 is 19.4 Å². The first-order valence-corrected chi connectivity index (χ1v) is 11.2. The van der Waals surface area contributed by atoms with E-state index in [1.165, 1.54) is 0 Å². The maximum absolute atomic E-state index is 12.6. The highest BCUT2D eigenvalue weighted by Gasteiger charge is 2.34. The Hall–Kier alpha value is -2.22. The minimum Gasteiger partial charge on any atom is -0.383 e. The molecule has 172 valence electrons. The normalized spacial score (nSPS) is 20.5. The molecule has 0 spiro atoms. The lowest BCUT2D eigenvalue weighted by Crippen LogP contribution is -2.44. The van der Waals surface area contributed by atoms with Crippen molar-refractivity contribution in [3.05, 3.63) is 17.6 Å². The Morgan fingerprint density at radius 3 is 2.45 bits per heavy atom. The molecule has 1 atom stereocenters. The Kier molecular flexibility index (Phi) is 7.19. The number of methoxy groups -OCH3 is 1. The Bertz CT molecular complexity index is 797. The molecule has 8 heteroatoms. The molecule has 0 bridgehead atoms. The van der Waals surface area contributed by atoms with E-state index in [2.05, 4.69) is 0 Å². The third-order valence-corrected chi connectivity index (χ3v) is 6.19. The highest BCUT2D eigenvalue weighted by Crippen LogP contribution is 2.33. The van der Waals surface area contributed by atoms with Gasteiger partial charge in [-0.25, -0.2) is 9.97 Å². The van der Waals surface area contributed by atoms with Crippen LogP contribution in [-0.2, 0) is 14.3 Å². The summed E-state index contributed by atoms with van der Waals surface area (Å²) in [6.45, 7) is 9.20. The van der Waals surface area contributed by atoms with Crippen molar-refractivity contribution in [2.24, 2.45) is 5.41 Å². The Labute approximate surface area is 186 Å². The summed E-state index contributed by atoms with van der Waals surface area (Å²) >= 11 is 0. The van der Waals surface area contributed by atoms with Gasteiger partial charge in [0.15, 0.2) is 0 Å². The van der Waals surface area contributed by atoms with E-state index < -0.39 is 0 Å². The van der Waals surface area contributed by atoms with Gasteiger partial charge in [0.1, 0.15) is 11.6 Å². The van der Waals surface area contributed by atoms with Crippen molar-refractivity contribution in [2.75, 3.05) is 58.9 Å². The maximum atomic E-state index is 12.6. The lowest BCUT2D eigenvalue weighted by Gasteiger charge is -2.35. The number of nitrogens with zero attached hydrogens (tertiary/aromatic N) is 5. The monoisotopic (exact) mass is 431 g/mol. The van der Waals surface area contributed by atoms with Gasteiger partial charge in [-0.15, -0.1) is 0 Å². The smallest absolute Gasteiger partial charge is 0.227 e. The highest BCUT2D eigenvalue weighted by atomic mass is 16.5. The molecule has 8 nitrogen and oxygen atoms in total. The first-order valence-electron chi connectivity index (χ1n) is 11.2. The van der Waals surface area contributed by atoms with Crippen LogP contribution in [0.15, 0.2) is 6.07 Å². The summed E-state index contributed by atoms with van der Waals surface area (Å²) in [6, 6.07) is 2.01. The summed E-state index contributed by atoms with van der Waals surface area (Å²) in [7, 11) is 5.61. The van der Waals surface area contributed by atoms with E-state index in [0.717, 1.165) is 43.3 Å². The second-order valence-corrected chi connectivity index (χ2v) is 9.95. The van der Waals surface area contributed by atoms with Crippen molar-refractivity contribution in [3.63, 3.8) is 0 Å². The largest absolute Gasteiger partial charge is 0.383 e. The van der Waals surface area contributed by atoms with Crippen LogP contribution < -0.4 is 4.90 Å². The molecule has 2 aliphatic heterocycles.